The van der Waals surface area contributed by atoms with Gasteiger partial charge < -0.3 is 14.2 Å². The predicted molar refractivity (Wildman–Crippen MR) is 111 cm³/mol. The van der Waals surface area contributed by atoms with Crippen LogP contribution >= 0.6 is 0 Å². The van der Waals surface area contributed by atoms with Gasteiger partial charge in [0.15, 0.2) is 0 Å². The summed E-state index contributed by atoms with van der Waals surface area (Å²) in [4.78, 5) is 0. The first-order chi connectivity index (χ1) is 14.7. The zero-order chi connectivity index (χ0) is 20.7. The number of hydrazone groups is 1. The Kier molecular flexibility index (Phi) is 4.54. The van der Waals surface area contributed by atoms with Crippen molar-refractivity contribution in [2.45, 2.75) is 18.7 Å². The van der Waals surface area contributed by atoms with Gasteiger partial charge in [-0.25, -0.2) is 9.40 Å². The number of hydrogen-bond acceptors (Lipinski definition) is 5. The molecule has 2 aliphatic rings. The number of methoxy groups -OCH3 is 2. The minimum Gasteiger partial charge on any atom is -0.497 e. The Labute approximate surface area is 174 Å². The summed E-state index contributed by atoms with van der Waals surface area (Å²) in [5.41, 5.74) is 3.71. The van der Waals surface area contributed by atoms with Crippen molar-refractivity contribution < 1.29 is 18.6 Å². The van der Waals surface area contributed by atoms with Crippen LogP contribution in [0.25, 0.3) is 0 Å². The lowest BCUT2D eigenvalue weighted by molar-refractivity contribution is -0.0204. The molecule has 2 aliphatic heterocycles. The molecular formula is C24H21FN2O3. The largest absolute Gasteiger partial charge is 0.497 e. The molecule has 0 spiro atoms. The van der Waals surface area contributed by atoms with Crippen molar-refractivity contribution in [2.75, 3.05) is 14.2 Å². The van der Waals surface area contributed by atoms with Gasteiger partial charge in [0.1, 0.15) is 23.1 Å². The average molecular weight is 404 g/mol. The van der Waals surface area contributed by atoms with E-state index in [-0.39, 0.29) is 11.9 Å². The van der Waals surface area contributed by atoms with Crippen molar-refractivity contribution in [1.29, 1.82) is 0 Å². The number of halogens is 1. The molecule has 5 rings (SSSR count). The van der Waals surface area contributed by atoms with Crippen LogP contribution in [0, 0.1) is 5.82 Å². The fourth-order valence-electron chi connectivity index (χ4n) is 4.09. The molecule has 152 valence electrons. The lowest BCUT2D eigenvalue weighted by Crippen LogP contribution is -2.33. The first-order valence-corrected chi connectivity index (χ1v) is 9.77. The molecule has 0 amide bonds. The summed E-state index contributed by atoms with van der Waals surface area (Å²) in [6.07, 6.45) is 0.224. The van der Waals surface area contributed by atoms with Crippen LogP contribution in [-0.2, 0) is 0 Å². The van der Waals surface area contributed by atoms with Gasteiger partial charge in [-0.3, -0.25) is 0 Å². The normalized spacial score (nSPS) is 19.4. The van der Waals surface area contributed by atoms with Gasteiger partial charge in [-0.2, -0.15) is 5.10 Å². The number of para-hydroxylation sites is 1. The quantitative estimate of drug-likeness (QED) is 0.608. The average Bonchev–Trinajstić information content (AvgIpc) is 3.24. The minimum absolute atomic E-state index is 0.0101. The molecule has 0 N–H and O–H groups in total. The molecule has 2 atom stereocenters. The molecule has 30 heavy (non-hydrogen) atoms. The molecule has 5 nitrogen and oxygen atoms in total. The van der Waals surface area contributed by atoms with Gasteiger partial charge in [0, 0.05) is 12.0 Å². The van der Waals surface area contributed by atoms with E-state index >= 15 is 0 Å². The van der Waals surface area contributed by atoms with Gasteiger partial charge in [0.25, 0.3) is 0 Å². The summed E-state index contributed by atoms with van der Waals surface area (Å²) in [6, 6.07) is 20.1. The van der Waals surface area contributed by atoms with Crippen LogP contribution in [0.2, 0.25) is 0 Å². The molecule has 0 aromatic heterocycles. The van der Waals surface area contributed by atoms with E-state index in [4.69, 9.17) is 19.3 Å². The zero-order valence-electron chi connectivity index (χ0n) is 16.7. The van der Waals surface area contributed by atoms with Crippen molar-refractivity contribution in [3.63, 3.8) is 0 Å². The van der Waals surface area contributed by atoms with E-state index in [1.807, 2.05) is 41.4 Å². The van der Waals surface area contributed by atoms with E-state index in [1.54, 1.807) is 26.4 Å². The van der Waals surface area contributed by atoms with Crippen LogP contribution in [0.5, 0.6) is 17.2 Å². The Hall–Kier alpha value is -3.54. The van der Waals surface area contributed by atoms with E-state index in [2.05, 4.69) is 6.07 Å². The van der Waals surface area contributed by atoms with Gasteiger partial charge in [0.2, 0.25) is 6.23 Å². The molecule has 0 radical (unpaired) electrons. The Morgan fingerprint density at radius 2 is 1.77 bits per heavy atom. The smallest absolute Gasteiger partial charge is 0.217 e. The van der Waals surface area contributed by atoms with E-state index in [9.17, 15) is 4.39 Å². The highest BCUT2D eigenvalue weighted by molar-refractivity contribution is 6.01. The Balaban J connectivity index is 1.62. The van der Waals surface area contributed by atoms with Crippen LogP contribution in [0.4, 0.5) is 4.39 Å². The topological polar surface area (TPSA) is 43.3 Å². The number of nitrogens with zero attached hydrogens (tertiary/aromatic N) is 2. The maximum Gasteiger partial charge on any atom is 0.217 e. The highest BCUT2D eigenvalue weighted by atomic mass is 19.1. The summed E-state index contributed by atoms with van der Waals surface area (Å²) < 4.78 is 30.8. The second kappa shape index (κ2) is 7.37. The third-order valence-electron chi connectivity index (χ3n) is 5.58. The Morgan fingerprint density at radius 3 is 2.53 bits per heavy atom. The Morgan fingerprint density at radius 1 is 0.967 bits per heavy atom. The molecule has 2 heterocycles. The van der Waals surface area contributed by atoms with E-state index in [0.717, 1.165) is 28.2 Å². The SMILES string of the molecule is COc1ccc(OC)c([C@H]2Oc3ccccc3[C@@H]3CC(c4ccc(F)cc4)=NN23)c1. The number of rotatable bonds is 4. The zero-order valence-corrected chi connectivity index (χ0v) is 16.7. The van der Waals surface area contributed by atoms with Crippen LogP contribution in [-0.4, -0.2) is 24.9 Å². The van der Waals surface area contributed by atoms with E-state index in [0.29, 0.717) is 17.9 Å². The van der Waals surface area contributed by atoms with Gasteiger partial charge in [-0.15, -0.1) is 0 Å². The van der Waals surface area contributed by atoms with Gasteiger partial charge in [0.05, 0.1) is 31.5 Å². The third kappa shape index (κ3) is 3.05. The van der Waals surface area contributed by atoms with Crippen LogP contribution in [0.1, 0.15) is 35.4 Å². The van der Waals surface area contributed by atoms with Gasteiger partial charge in [-0.05, 0) is 42.0 Å². The monoisotopic (exact) mass is 404 g/mol. The highest BCUT2D eigenvalue weighted by Gasteiger charge is 2.42. The fraction of sp³-hybridized carbons (Fsp3) is 0.208. The van der Waals surface area contributed by atoms with Crippen molar-refractivity contribution >= 4 is 5.71 Å². The highest BCUT2D eigenvalue weighted by Crippen LogP contribution is 2.49. The van der Waals surface area contributed by atoms with Crippen molar-refractivity contribution in [1.82, 2.24) is 5.01 Å². The fourth-order valence-corrected chi connectivity index (χ4v) is 4.09. The second-order valence-electron chi connectivity index (χ2n) is 7.27. The standard InChI is InChI=1S/C24H21FN2O3/c1-28-17-11-12-22(29-2)19(13-17)24-27-21(18-5-3-4-6-23(18)30-24)14-20(26-27)15-7-9-16(25)10-8-15/h3-13,21,24H,14H2,1-2H3/t21-,24+/m0/s1. The molecule has 0 fully saturated rings. The molecular weight excluding hydrogens is 383 g/mol. The summed E-state index contributed by atoms with van der Waals surface area (Å²) in [5, 5.41) is 6.87. The summed E-state index contributed by atoms with van der Waals surface area (Å²) in [5.74, 6) is 1.98. The molecule has 0 saturated carbocycles. The first-order valence-electron chi connectivity index (χ1n) is 9.77. The van der Waals surface area contributed by atoms with Crippen molar-refractivity contribution in [3.05, 3.63) is 89.2 Å². The number of fused-ring (bicyclic) bond motifs is 3. The van der Waals surface area contributed by atoms with Crippen LogP contribution in [0.15, 0.2) is 71.8 Å². The molecule has 3 aromatic carbocycles. The lowest BCUT2D eigenvalue weighted by Gasteiger charge is -2.38. The summed E-state index contributed by atoms with van der Waals surface area (Å²) in [6.45, 7) is 0. The van der Waals surface area contributed by atoms with Crippen LogP contribution in [0.3, 0.4) is 0 Å². The number of ether oxygens (including phenoxy) is 3. The van der Waals surface area contributed by atoms with E-state index in [1.165, 1.54) is 12.1 Å². The lowest BCUT2D eigenvalue weighted by atomic mass is 9.96. The maximum absolute atomic E-state index is 13.4. The number of benzene rings is 3. The number of hydrogen-bond donors (Lipinski definition) is 0. The molecule has 0 aliphatic carbocycles. The van der Waals surface area contributed by atoms with Gasteiger partial charge >= 0.3 is 0 Å². The Bertz CT molecular complexity index is 1110. The minimum atomic E-state index is -0.479. The van der Waals surface area contributed by atoms with Crippen LogP contribution < -0.4 is 14.2 Å². The van der Waals surface area contributed by atoms with Crippen molar-refractivity contribution in [2.24, 2.45) is 5.10 Å². The molecule has 3 aromatic rings. The second-order valence-corrected chi connectivity index (χ2v) is 7.27. The van der Waals surface area contributed by atoms with Crippen molar-refractivity contribution in [3.8, 4) is 17.2 Å². The molecule has 0 unspecified atom stereocenters. The molecule has 6 heteroatoms. The first kappa shape index (κ1) is 18.5. The predicted octanol–water partition coefficient (Wildman–Crippen LogP) is 5.09. The molecule has 0 saturated heterocycles. The van der Waals surface area contributed by atoms with Gasteiger partial charge in [-0.1, -0.05) is 30.3 Å². The maximum atomic E-state index is 13.4. The summed E-state index contributed by atoms with van der Waals surface area (Å²) >= 11 is 0. The summed E-state index contributed by atoms with van der Waals surface area (Å²) in [7, 11) is 3.27. The van der Waals surface area contributed by atoms with E-state index < -0.39 is 6.23 Å². The molecule has 0 bridgehead atoms. The third-order valence-corrected chi connectivity index (χ3v) is 5.58.